The van der Waals surface area contributed by atoms with Crippen molar-refractivity contribution >= 4 is 5.91 Å². The van der Waals surface area contributed by atoms with Gasteiger partial charge in [0.05, 0.1) is 12.6 Å². The fraction of sp³-hybridized carbons (Fsp3) is 0.200. The average molecular weight is 346 g/mol. The molecule has 130 valence electrons. The van der Waals surface area contributed by atoms with Crippen molar-refractivity contribution in [3.8, 4) is 16.9 Å². The minimum absolute atomic E-state index is 0.0632. The number of hydrogen-bond acceptors (Lipinski definition) is 5. The first kappa shape index (κ1) is 16.2. The Morgan fingerprint density at radius 1 is 1.15 bits per heavy atom. The van der Waals surface area contributed by atoms with Gasteiger partial charge in [-0.25, -0.2) is 9.97 Å². The Morgan fingerprint density at radius 2 is 2.08 bits per heavy atom. The first-order valence-corrected chi connectivity index (χ1v) is 8.45. The van der Waals surface area contributed by atoms with Crippen molar-refractivity contribution in [2.24, 2.45) is 0 Å². The molecule has 1 aromatic carbocycles. The number of benzene rings is 1. The van der Waals surface area contributed by atoms with Gasteiger partial charge in [-0.15, -0.1) is 0 Å². The smallest absolute Gasteiger partial charge is 0.273 e. The van der Waals surface area contributed by atoms with Gasteiger partial charge in [0.25, 0.3) is 5.91 Å². The number of fused-ring (bicyclic) bond motifs is 1. The van der Waals surface area contributed by atoms with Crippen LogP contribution >= 0.6 is 0 Å². The van der Waals surface area contributed by atoms with Crippen LogP contribution in [0.4, 0.5) is 0 Å². The van der Waals surface area contributed by atoms with Crippen LogP contribution in [0.1, 0.15) is 23.0 Å². The summed E-state index contributed by atoms with van der Waals surface area (Å²) in [6.45, 7) is 2.89. The van der Waals surface area contributed by atoms with E-state index in [1.807, 2.05) is 37.4 Å². The van der Waals surface area contributed by atoms with Gasteiger partial charge < -0.3 is 9.64 Å². The monoisotopic (exact) mass is 346 g/mol. The van der Waals surface area contributed by atoms with Crippen molar-refractivity contribution in [3.63, 3.8) is 0 Å². The SMILES string of the molecule is CC1COc2ccc(-c3cccnc3)cc2CN1C(=O)c1ccncn1. The number of amides is 1. The highest BCUT2D eigenvalue weighted by Crippen LogP contribution is 2.30. The molecule has 1 unspecified atom stereocenters. The maximum atomic E-state index is 12.9. The van der Waals surface area contributed by atoms with Gasteiger partial charge in [-0.1, -0.05) is 12.1 Å². The molecule has 6 heteroatoms. The first-order valence-electron chi connectivity index (χ1n) is 8.45. The first-order chi connectivity index (χ1) is 12.7. The Balaban J connectivity index is 1.68. The van der Waals surface area contributed by atoms with Gasteiger partial charge in [0.1, 0.15) is 24.4 Å². The van der Waals surface area contributed by atoms with Gasteiger partial charge in [-0.3, -0.25) is 9.78 Å². The van der Waals surface area contributed by atoms with Crippen molar-refractivity contribution in [2.75, 3.05) is 6.61 Å². The Kier molecular flexibility index (Phi) is 4.31. The van der Waals surface area contributed by atoms with Gasteiger partial charge >= 0.3 is 0 Å². The molecule has 0 radical (unpaired) electrons. The van der Waals surface area contributed by atoms with E-state index in [4.69, 9.17) is 4.74 Å². The second kappa shape index (κ2) is 6.92. The third-order valence-electron chi connectivity index (χ3n) is 4.47. The predicted octanol–water partition coefficient (Wildman–Crippen LogP) is 2.96. The zero-order valence-electron chi connectivity index (χ0n) is 14.4. The van der Waals surface area contributed by atoms with E-state index >= 15 is 0 Å². The predicted molar refractivity (Wildman–Crippen MR) is 96.5 cm³/mol. The number of rotatable bonds is 2. The molecule has 1 amide bonds. The van der Waals surface area contributed by atoms with Crippen LogP contribution in [0.15, 0.2) is 61.3 Å². The van der Waals surface area contributed by atoms with E-state index in [-0.39, 0.29) is 11.9 Å². The van der Waals surface area contributed by atoms with Crippen LogP contribution in [0.2, 0.25) is 0 Å². The standard InChI is InChI=1S/C20H18N4O2/c1-14-12-26-19-5-4-15(16-3-2-7-21-10-16)9-17(19)11-24(14)20(25)18-6-8-22-13-23-18/h2-10,13-14H,11-12H2,1H3. The molecule has 1 aliphatic rings. The molecule has 0 fully saturated rings. The summed E-state index contributed by atoms with van der Waals surface area (Å²) in [4.78, 5) is 26.8. The fourth-order valence-electron chi connectivity index (χ4n) is 3.03. The van der Waals surface area contributed by atoms with E-state index in [9.17, 15) is 4.79 Å². The molecule has 0 saturated heterocycles. The fourth-order valence-corrected chi connectivity index (χ4v) is 3.03. The Hall–Kier alpha value is -3.28. The molecular weight excluding hydrogens is 328 g/mol. The average Bonchev–Trinajstić information content (AvgIpc) is 2.87. The Bertz CT molecular complexity index is 916. The lowest BCUT2D eigenvalue weighted by molar-refractivity contribution is 0.0639. The molecule has 0 spiro atoms. The summed E-state index contributed by atoms with van der Waals surface area (Å²) in [5, 5.41) is 0. The molecule has 3 aromatic rings. The number of nitrogens with zero attached hydrogens (tertiary/aromatic N) is 4. The molecule has 26 heavy (non-hydrogen) atoms. The van der Waals surface area contributed by atoms with Crippen molar-refractivity contribution < 1.29 is 9.53 Å². The second-order valence-electron chi connectivity index (χ2n) is 6.25. The molecule has 1 atom stereocenters. The summed E-state index contributed by atoms with van der Waals surface area (Å²) < 4.78 is 5.93. The van der Waals surface area contributed by atoms with Crippen molar-refractivity contribution in [1.82, 2.24) is 19.9 Å². The Labute approximate surface area is 151 Å². The van der Waals surface area contributed by atoms with Crippen molar-refractivity contribution in [3.05, 3.63) is 72.6 Å². The number of pyridine rings is 1. The molecule has 1 aliphatic heterocycles. The molecule has 0 N–H and O–H groups in total. The summed E-state index contributed by atoms with van der Waals surface area (Å²) in [7, 11) is 0. The van der Waals surface area contributed by atoms with Gasteiger partial charge in [-0.2, -0.15) is 0 Å². The van der Waals surface area contributed by atoms with Crippen LogP contribution < -0.4 is 4.74 Å². The highest BCUT2D eigenvalue weighted by atomic mass is 16.5. The maximum absolute atomic E-state index is 12.9. The summed E-state index contributed by atoms with van der Waals surface area (Å²) in [5.41, 5.74) is 3.43. The summed E-state index contributed by atoms with van der Waals surface area (Å²) in [5.74, 6) is 0.686. The van der Waals surface area contributed by atoms with Crippen molar-refractivity contribution in [2.45, 2.75) is 19.5 Å². The number of hydrogen-bond donors (Lipinski definition) is 0. The minimum atomic E-state index is -0.122. The van der Waals surface area contributed by atoms with E-state index in [0.29, 0.717) is 18.8 Å². The van der Waals surface area contributed by atoms with E-state index < -0.39 is 0 Å². The third-order valence-corrected chi connectivity index (χ3v) is 4.47. The van der Waals surface area contributed by atoms with Crippen LogP contribution in [0.5, 0.6) is 5.75 Å². The highest BCUT2D eigenvalue weighted by Gasteiger charge is 2.27. The summed E-state index contributed by atoms with van der Waals surface area (Å²) >= 11 is 0. The maximum Gasteiger partial charge on any atom is 0.273 e. The van der Waals surface area contributed by atoms with E-state index in [0.717, 1.165) is 22.4 Å². The van der Waals surface area contributed by atoms with Crippen LogP contribution in [-0.4, -0.2) is 38.4 Å². The molecule has 0 aliphatic carbocycles. The van der Waals surface area contributed by atoms with E-state index in [2.05, 4.69) is 21.0 Å². The van der Waals surface area contributed by atoms with Gasteiger partial charge in [-0.05, 0) is 36.8 Å². The number of aromatic nitrogens is 3. The molecule has 4 rings (SSSR count). The van der Waals surface area contributed by atoms with Crippen LogP contribution in [0.3, 0.4) is 0 Å². The zero-order chi connectivity index (χ0) is 17.9. The number of ether oxygens (including phenoxy) is 1. The molecular formula is C20H18N4O2. The largest absolute Gasteiger partial charge is 0.491 e. The topological polar surface area (TPSA) is 68.2 Å². The zero-order valence-corrected chi connectivity index (χ0v) is 14.4. The molecule has 0 saturated carbocycles. The van der Waals surface area contributed by atoms with Gasteiger partial charge in [0.2, 0.25) is 0 Å². The summed E-state index contributed by atoms with van der Waals surface area (Å²) in [6.07, 6.45) is 6.54. The minimum Gasteiger partial charge on any atom is -0.491 e. The molecule has 2 aromatic heterocycles. The van der Waals surface area contributed by atoms with Gasteiger partial charge in [0, 0.05) is 29.7 Å². The van der Waals surface area contributed by atoms with E-state index in [1.54, 1.807) is 23.4 Å². The molecule has 6 nitrogen and oxygen atoms in total. The van der Waals surface area contributed by atoms with Crippen LogP contribution in [-0.2, 0) is 6.54 Å². The quantitative estimate of drug-likeness (QED) is 0.714. The lowest BCUT2D eigenvalue weighted by Crippen LogP contribution is -2.40. The number of carbonyl (C=O) groups is 1. The lowest BCUT2D eigenvalue weighted by Gasteiger charge is -2.26. The third kappa shape index (κ3) is 3.13. The Morgan fingerprint density at radius 3 is 2.85 bits per heavy atom. The van der Waals surface area contributed by atoms with Crippen LogP contribution in [0.25, 0.3) is 11.1 Å². The van der Waals surface area contributed by atoms with Gasteiger partial charge in [0.15, 0.2) is 0 Å². The second-order valence-corrected chi connectivity index (χ2v) is 6.25. The normalized spacial score (nSPS) is 16.3. The highest BCUT2D eigenvalue weighted by molar-refractivity contribution is 5.92. The number of carbonyl (C=O) groups excluding carboxylic acids is 1. The van der Waals surface area contributed by atoms with Crippen LogP contribution in [0, 0.1) is 0 Å². The molecule has 0 bridgehead atoms. The van der Waals surface area contributed by atoms with E-state index in [1.165, 1.54) is 6.33 Å². The van der Waals surface area contributed by atoms with Crippen molar-refractivity contribution in [1.29, 1.82) is 0 Å². The summed E-state index contributed by atoms with van der Waals surface area (Å²) in [6, 6.07) is 11.5. The lowest BCUT2D eigenvalue weighted by atomic mass is 10.0. The molecule has 3 heterocycles.